The Morgan fingerprint density at radius 1 is 1.40 bits per heavy atom. The predicted molar refractivity (Wildman–Crippen MR) is 57.8 cm³/mol. The maximum atomic E-state index is 11.8. The van der Waals surface area contributed by atoms with Gasteiger partial charge < -0.3 is 14.4 Å². The van der Waals surface area contributed by atoms with Gasteiger partial charge in [-0.15, -0.1) is 0 Å². The van der Waals surface area contributed by atoms with Gasteiger partial charge in [-0.2, -0.15) is 0 Å². The van der Waals surface area contributed by atoms with E-state index in [0.29, 0.717) is 6.54 Å². The number of carbonyl (C=O) groups excluding carboxylic acids is 1. The lowest BCUT2D eigenvalue weighted by molar-refractivity contribution is 0.0207. The van der Waals surface area contributed by atoms with E-state index in [-0.39, 0.29) is 18.2 Å². The zero-order valence-electron chi connectivity index (χ0n) is 10.2. The highest BCUT2D eigenvalue weighted by molar-refractivity contribution is 5.69. The minimum atomic E-state index is -0.429. The minimum Gasteiger partial charge on any atom is -0.444 e. The van der Waals surface area contributed by atoms with Crippen LogP contribution in [0.3, 0.4) is 0 Å². The summed E-state index contributed by atoms with van der Waals surface area (Å²) in [6, 6.07) is 0.199. The van der Waals surface area contributed by atoms with E-state index >= 15 is 0 Å². The second-order valence-corrected chi connectivity index (χ2v) is 5.08. The molecule has 0 aliphatic carbocycles. The molecule has 15 heavy (non-hydrogen) atoms. The molecule has 1 saturated heterocycles. The maximum absolute atomic E-state index is 11.8. The average molecular weight is 215 g/mol. The normalized spacial score (nSPS) is 26.9. The SMILES string of the molecule is COC1C[C@@H](C)N(C(=O)OC(C)(C)C)C1. The summed E-state index contributed by atoms with van der Waals surface area (Å²) in [5.41, 5.74) is -0.429. The molecule has 1 aliphatic heterocycles. The van der Waals surface area contributed by atoms with Gasteiger partial charge in [-0.1, -0.05) is 0 Å². The zero-order chi connectivity index (χ0) is 11.6. The van der Waals surface area contributed by atoms with Crippen molar-refractivity contribution >= 4 is 6.09 Å². The summed E-state index contributed by atoms with van der Waals surface area (Å²) in [5, 5.41) is 0. The number of carbonyl (C=O) groups is 1. The number of hydrogen-bond acceptors (Lipinski definition) is 3. The lowest BCUT2D eigenvalue weighted by Crippen LogP contribution is -2.39. The first-order chi connectivity index (χ1) is 6.83. The van der Waals surface area contributed by atoms with E-state index in [2.05, 4.69) is 0 Å². The van der Waals surface area contributed by atoms with Crippen molar-refractivity contribution in [2.24, 2.45) is 0 Å². The Morgan fingerprint density at radius 2 is 2.00 bits per heavy atom. The van der Waals surface area contributed by atoms with Gasteiger partial charge in [-0.05, 0) is 34.1 Å². The fourth-order valence-corrected chi connectivity index (χ4v) is 1.73. The number of ether oxygens (including phenoxy) is 2. The van der Waals surface area contributed by atoms with E-state index in [0.717, 1.165) is 6.42 Å². The third-order valence-corrected chi connectivity index (χ3v) is 2.50. The van der Waals surface area contributed by atoms with Crippen molar-refractivity contribution < 1.29 is 14.3 Å². The van der Waals surface area contributed by atoms with Gasteiger partial charge in [0.2, 0.25) is 0 Å². The standard InChI is InChI=1S/C11H21NO3/c1-8-6-9(14-5)7-12(8)10(13)15-11(2,3)4/h8-9H,6-7H2,1-5H3/t8-,9?/m1/s1. The average Bonchev–Trinajstić information content (AvgIpc) is 2.43. The van der Waals surface area contributed by atoms with E-state index in [1.807, 2.05) is 27.7 Å². The molecule has 0 saturated carbocycles. The molecule has 0 aromatic heterocycles. The summed E-state index contributed by atoms with van der Waals surface area (Å²) < 4.78 is 10.6. The Morgan fingerprint density at radius 3 is 2.40 bits per heavy atom. The van der Waals surface area contributed by atoms with Crippen LogP contribution in [0, 0.1) is 0 Å². The monoisotopic (exact) mass is 215 g/mol. The Hall–Kier alpha value is -0.770. The molecule has 1 heterocycles. The van der Waals surface area contributed by atoms with E-state index in [1.54, 1.807) is 12.0 Å². The van der Waals surface area contributed by atoms with Crippen molar-refractivity contribution in [3.63, 3.8) is 0 Å². The Balaban J connectivity index is 2.54. The molecular formula is C11H21NO3. The van der Waals surface area contributed by atoms with E-state index in [9.17, 15) is 4.79 Å². The molecule has 2 atom stereocenters. The van der Waals surface area contributed by atoms with Crippen LogP contribution in [0.15, 0.2) is 0 Å². The number of methoxy groups -OCH3 is 1. The zero-order valence-corrected chi connectivity index (χ0v) is 10.2. The number of amides is 1. The summed E-state index contributed by atoms with van der Waals surface area (Å²) in [7, 11) is 1.68. The molecule has 88 valence electrons. The molecule has 4 heteroatoms. The molecule has 0 radical (unpaired) electrons. The van der Waals surface area contributed by atoms with Crippen molar-refractivity contribution in [3.05, 3.63) is 0 Å². The van der Waals surface area contributed by atoms with Crippen LogP contribution in [0.1, 0.15) is 34.1 Å². The predicted octanol–water partition coefficient (Wildman–Crippen LogP) is 2.03. The van der Waals surface area contributed by atoms with E-state index in [1.165, 1.54) is 0 Å². The van der Waals surface area contributed by atoms with Gasteiger partial charge >= 0.3 is 6.09 Å². The van der Waals surface area contributed by atoms with Gasteiger partial charge in [0, 0.05) is 13.2 Å². The van der Waals surface area contributed by atoms with Gasteiger partial charge in [0.25, 0.3) is 0 Å². The number of likely N-dealkylation sites (tertiary alicyclic amines) is 1. The fourth-order valence-electron chi connectivity index (χ4n) is 1.73. The molecule has 0 spiro atoms. The fraction of sp³-hybridized carbons (Fsp3) is 0.909. The Kier molecular flexibility index (Phi) is 3.60. The molecule has 0 aromatic rings. The third kappa shape index (κ3) is 3.38. The quantitative estimate of drug-likeness (QED) is 0.671. The van der Waals surface area contributed by atoms with Crippen LogP contribution in [-0.4, -0.2) is 42.4 Å². The van der Waals surface area contributed by atoms with Crippen LogP contribution in [0.4, 0.5) is 4.79 Å². The van der Waals surface area contributed by atoms with E-state index < -0.39 is 5.60 Å². The topological polar surface area (TPSA) is 38.8 Å². The molecule has 1 unspecified atom stereocenters. The molecule has 4 nitrogen and oxygen atoms in total. The molecule has 0 N–H and O–H groups in total. The van der Waals surface area contributed by atoms with E-state index in [4.69, 9.17) is 9.47 Å². The second kappa shape index (κ2) is 4.39. The lowest BCUT2D eigenvalue weighted by atomic mass is 10.2. The molecular weight excluding hydrogens is 194 g/mol. The largest absolute Gasteiger partial charge is 0.444 e. The first-order valence-electron chi connectivity index (χ1n) is 5.36. The first kappa shape index (κ1) is 12.3. The van der Waals surface area contributed by atoms with Crippen LogP contribution < -0.4 is 0 Å². The molecule has 1 aliphatic rings. The molecule has 0 bridgehead atoms. The summed E-state index contributed by atoms with van der Waals surface area (Å²) >= 11 is 0. The van der Waals surface area contributed by atoms with Gasteiger partial charge in [0.1, 0.15) is 5.60 Å². The maximum Gasteiger partial charge on any atom is 0.410 e. The lowest BCUT2D eigenvalue weighted by Gasteiger charge is -2.26. The number of rotatable bonds is 1. The second-order valence-electron chi connectivity index (χ2n) is 5.08. The third-order valence-electron chi connectivity index (χ3n) is 2.50. The van der Waals surface area contributed by atoms with Crippen molar-refractivity contribution in [2.75, 3.05) is 13.7 Å². The molecule has 1 amide bonds. The molecule has 1 rings (SSSR count). The van der Waals surface area contributed by atoms with Crippen LogP contribution >= 0.6 is 0 Å². The van der Waals surface area contributed by atoms with Crippen molar-refractivity contribution in [1.29, 1.82) is 0 Å². The van der Waals surface area contributed by atoms with Crippen LogP contribution in [0.2, 0.25) is 0 Å². The van der Waals surface area contributed by atoms with Crippen LogP contribution in [0.25, 0.3) is 0 Å². The highest BCUT2D eigenvalue weighted by atomic mass is 16.6. The Labute approximate surface area is 91.5 Å². The minimum absolute atomic E-state index is 0.146. The Bertz CT molecular complexity index is 234. The van der Waals surface area contributed by atoms with Gasteiger partial charge in [0.05, 0.1) is 12.6 Å². The summed E-state index contributed by atoms with van der Waals surface area (Å²) in [4.78, 5) is 13.5. The highest BCUT2D eigenvalue weighted by Gasteiger charge is 2.34. The number of hydrogen-bond donors (Lipinski definition) is 0. The van der Waals surface area contributed by atoms with Gasteiger partial charge in [0.15, 0.2) is 0 Å². The molecule has 1 fully saturated rings. The first-order valence-corrected chi connectivity index (χ1v) is 5.36. The van der Waals surface area contributed by atoms with Crippen molar-refractivity contribution in [1.82, 2.24) is 4.90 Å². The van der Waals surface area contributed by atoms with Crippen molar-refractivity contribution in [2.45, 2.75) is 51.9 Å². The van der Waals surface area contributed by atoms with Gasteiger partial charge in [-0.25, -0.2) is 4.79 Å². The summed E-state index contributed by atoms with van der Waals surface area (Å²) in [5.74, 6) is 0. The van der Waals surface area contributed by atoms with Crippen molar-refractivity contribution in [3.8, 4) is 0 Å². The van der Waals surface area contributed by atoms with Gasteiger partial charge in [-0.3, -0.25) is 0 Å². The summed E-state index contributed by atoms with van der Waals surface area (Å²) in [6.07, 6.45) is 0.789. The molecule has 0 aromatic carbocycles. The van der Waals surface area contributed by atoms with Crippen LogP contribution in [-0.2, 0) is 9.47 Å². The summed E-state index contributed by atoms with van der Waals surface area (Å²) in [6.45, 7) is 8.27. The highest BCUT2D eigenvalue weighted by Crippen LogP contribution is 2.22. The smallest absolute Gasteiger partial charge is 0.410 e. The number of nitrogens with zero attached hydrogens (tertiary/aromatic N) is 1. The van der Waals surface area contributed by atoms with Crippen LogP contribution in [0.5, 0.6) is 0 Å².